The van der Waals surface area contributed by atoms with Gasteiger partial charge in [-0.25, -0.2) is 14.2 Å². The lowest BCUT2D eigenvalue weighted by molar-refractivity contribution is 0.0445. The van der Waals surface area contributed by atoms with Crippen molar-refractivity contribution in [2.24, 2.45) is 0 Å². The second-order valence-electron chi connectivity index (χ2n) is 5.51. The highest BCUT2D eigenvalue weighted by Crippen LogP contribution is 2.24. The van der Waals surface area contributed by atoms with Gasteiger partial charge in [-0.1, -0.05) is 16.9 Å². The quantitative estimate of drug-likeness (QED) is 0.327. The Hall–Kier alpha value is -2.87. The van der Waals surface area contributed by atoms with Gasteiger partial charge in [0.15, 0.2) is 0 Å². The summed E-state index contributed by atoms with van der Waals surface area (Å²) in [4.78, 5) is 16.6. The minimum atomic E-state index is -0.482. The van der Waals surface area contributed by atoms with Gasteiger partial charge in [0.2, 0.25) is 0 Å². The summed E-state index contributed by atoms with van der Waals surface area (Å²) in [6, 6.07) is 10.8. The van der Waals surface area contributed by atoms with Gasteiger partial charge in [0, 0.05) is 18.0 Å². The fourth-order valence-electron chi connectivity index (χ4n) is 2.19. The van der Waals surface area contributed by atoms with Gasteiger partial charge in [-0.2, -0.15) is 0 Å². The zero-order valence-corrected chi connectivity index (χ0v) is 15.4. The van der Waals surface area contributed by atoms with E-state index in [4.69, 9.17) is 14.0 Å². The highest BCUT2D eigenvalue weighted by Gasteiger charge is 2.15. The first-order chi connectivity index (χ1) is 13.1. The first-order valence-corrected chi connectivity index (χ1v) is 9.16. The highest BCUT2D eigenvalue weighted by atomic mass is 32.2. The molecule has 8 heteroatoms. The maximum Gasteiger partial charge on any atom is 0.341 e. The molecule has 2 aromatic heterocycles. The van der Waals surface area contributed by atoms with Crippen LogP contribution in [0.4, 0.5) is 4.39 Å². The van der Waals surface area contributed by atoms with Crippen molar-refractivity contribution in [2.45, 2.75) is 17.7 Å². The maximum atomic E-state index is 12.8. The van der Waals surface area contributed by atoms with E-state index in [1.165, 1.54) is 36.0 Å². The van der Waals surface area contributed by atoms with Gasteiger partial charge in [-0.05, 0) is 43.3 Å². The first-order valence-electron chi connectivity index (χ1n) is 8.17. The number of esters is 1. The lowest BCUT2D eigenvalue weighted by Gasteiger charge is -2.09. The molecule has 1 aromatic carbocycles. The summed E-state index contributed by atoms with van der Waals surface area (Å²) in [5.41, 5.74) is 1.15. The van der Waals surface area contributed by atoms with E-state index in [0.717, 1.165) is 11.5 Å². The van der Waals surface area contributed by atoms with Crippen LogP contribution in [-0.2, 0) is 10.5 Å². The van der Waals surface area contributed by atoms with Crippen LogP contribution in [0.2, 0.25) is 0 Å². The highest BCUT2D eigenvalue weighted by molar-refractivity contribution is 7.98. The summed E-state index contributed by atoms with van der Waals surface area (Å²) in [5.74, 6) is 0.948. The summed E-state index contributed by atoms with van der Waals surface area (Å²) in [6.07, 6.45) is 1.62. The van der Waals surface area contributed by atoms with Gasteiger partial charge in [0.05, 0.1) is 11.3 Å². The lowest BCUT2D eigenvalue weighted by Crippen LogP contribution is -2.13. The molecule has 0 unspecified atom stereocenters. The van der Waals surface area contributed by atoms with E-state index in [2.05, 4.69) is 10.1 Å². The van der Waals surface area contributed by atoms with Crippen molar-refractivity contribution in [3.63, 3.8) is 0 Å². The van der Waals surface area contributed by atoms with E-state index in [0.29, 0.717) is 22.1 Å². The predicted molar refractivity (Wildman–Crippen MR) is 97.2 cm³/mol. The van der Waals surface area contributed by atoms with Crippen LogP contribution in [-0.4, -0.2) is 29.3 Å². The van der Waals surface area contributed by atoms with E-state index in [-0.39, 0.29) is 19.0 Å². The fraction of sp³-hybridized carbons (Fsp3) is 0.211. The molecule has 0 bridgehead atoms. The van der Waals surface area contributed by atoms with Crippen LogP contribution < -0.4 is 4.74 Å². The number of benzene rings is 1. The molecule has 0 spiro atoms. The van der Waals surface area contributed by atoms with E-state index < -0.39 is 5.97 Å². The van der Waals surface area contributed by atoms with E-state index in [1.807, 2.05) is 13.0 Å². The van der Waals surface area contributed by atoms with Crippen LogP contribution in [0.25, 0.3) is 0 Å². The third-order valence-corrected chi connectivity index (χ3v) is 4.46. The number of aryl methyl sites for hydroxylation is 1. The number of pyridine rings is 1. The van der Waals surface area contributed by atoms with E-state index in [9.17, 15) is 9.18 Å². The summed E-state index contributed by atoms with van der Waals surface area (Å²) >= 11 is 1.38. The van der Waals surface area contributed by atoms with Crippen LogP contribution in [0.3, 0.4) is 0 Å². The standard InChI is InChI=1S/C19H17FN2O4S/c1-13-11-15(22-26-13)12-27-18-17(3-2-8-21-18)19(23)25-10-9-24-16-6-4-14(20)5-7-16/h2-8,11H,9-10,12H2,1H3. The molecule has 0 atom stereocenters. The molecule has 0 aliphatic rings. The molecular weight excluding hydrogens is 371 g/mol. The molecule has 0 radical (unpaired) electrons. The van der Waals surface area contributed by atoms with Crippen LogP contribution in [0.15, 0.2) is 58.2 Å². The number of aromatic nitrogens is 2. The molecule has 6 nitrogen and oxygen atoms in total. The van der Waals surface area contributed by atoms with Crippen molar-refractivity contribution < 1.29 is 23.2 Å². The zero-order chi connectivity index (χ0) is 19.1. The molecule has 3 aromatic rings. The summed E-state index contributed by atoms with van der Waals surface area (Å²) < 4.78 is 28.5. The summed E-state index contributed by atoms with van der Waals surface area (Å²) in [7, 11) is 0. The minimum absolute atomic E-state index is 0.0672. The summed E-state index contributed by atoms with van der Waals surface area (Å²) in [6.45, 7) is 2.05. The van der Waals surface area contributed by atoms with Gasteiger partial charge in [-0.15, -0.1) is 0 Å². The van der Waals surface area contributed by atoms with Crippen LogP contribution in [0.5, 0.6) is 5.75 Å². The predicted octanol–water partition coefficient (Wildman–Crippen LogP) is 4.05. The number of nitrogens with zero attached hydrogens (tertiary/aromatic N) is 2. The zero-order valence-electron chi connectivity index (χ0n) is 14.6. The third kappa shape index (κ3) is 5.55. The Morgan fingerprint density at radius 1 is 1.22 bits per heavy atom. The summed E-state index contributed by atoms with van der Waals surface area (Å²) in [5, 5.41) is 4.48. The Balaban J connectivity index is 1.51. The number of carbonyl (C=O) groups excluding carboxylic acids is 1. The van der Waals surface area contributed by atoms with Gasteiger partial charge in [-0.3, -0.25) is 0 Å². The number of ether oxygens (including phenoxy) is 2. The lowest BCUT2D eigenvalue weighted by atomic mass is 10.3. The molecule has 0 amide bonds. The van der Waals surface area contributed by atoms with Gasteiger partial charge in [0.25, 0.3) is 0 Å². The van der Waals surface area contributed by atoms with Gasteiger partial charge < -0.3 is 14.0 Å². The molecule has 0 saturated heterocycles. The van der Waals surface area contributed by atoms with E-state index in [1.54, 1.807) is 18.3 Å². The molecule has 3 rings (SSSR count). The average Bonchev–Trinajstić information content (AvgIpc) is 3.10. The first kappa shape index (κ1) is 18.9. The minimum Gasteiger partial charge on any atom is -0.490 e. The van der Waals surface area contributed by atoms with Gasteiger partial charge >= 0.3 is 5.97 Å². The molecule has 0 fully saturated rings. The molecule has 0 N–H and O–H groups in total. The van der Waals surface area contributed by atoms with Crippen molar-refractivity contribution in [1.29, 1.82) is 0 Å². The van der Waals surface area contributed by atoms with Crippen molar-refractivity contribution in [3.05, 3.63) is 71.5 Å². The topological polar surface area (TPSA) is 74.5 Å². The average molecular weight is 388 g/mol. The molecule has 0 aliphatic carbocycles. The Morgan fingerprint density at radius 2 is 2.04 bits per heavy atom. The largest absolute Gasteiger partial charge is 0.490 e. The number of hydrogen-bond acceptors (Lipinski definition) is 7. The Bertz CT molecular complexity index is 899. The third-order valence-electron chi connectivity index (χ3n) is 3.42. The van der Waals surface area contributed by atoms with Crippen LogP contribution >= 0.6 is 11.8 Å². The number of rotatable bonds is 8. The number of hydrogen-bond donors (Lipinski definition) is 0. The Morgan fingerprint density at radius 3 is 2.78 bits per heavy atom. The monoisotopic (exact) mass is 388 g/mol. The second-order valence-corrected chi connectivity index (χ2v) is 6.48. The van der Waals surface area contributed by atoms with Crippen LogP contribution in [0, 0.1) is 12.7 Å². The smallest absolute Gasteiger partial charge is 0.341 e. The maximum absolute atomic E-state index is 12.8. The van der Waals surface area contributed by atoms with Gasteiger partial charge in [0.1, 0.15) is 35.6 Å². The molecule has 2 heterocycles. The number of thioether (sulfide) groups is 1. The van der Waals surface area contributed by atoms with Crippen LogP contribution in [0.1, 0.15) is 21.8 Å². The van der Waals surface area contributed by atoms with Crippen molar-refractivity contribution in [2.75, 3.05) is 13.2 Å². The fourth-order valence-corrected chi connectivity index (χ4v) is 3.05. The molecule has 0 saturated carbocycles. The second kappa shape index (κ2) is 9.18. The van der Waals surface area contributed by atoms with Crippen molar-refractivity contribution >= 4 is 17.7 Å². The number of halogens is 1. The van der Waals surface area contributed by atoms with Crippen molar-refractivity contribution in [3.8, 4) is 5.75 Å². The normalized spacial score (nSPS) is 10.6. The molecule has 140 valence electrons. The van der Waals surface area contributed by atoms with E-state index >= 15 is 0 Å². The Labute approximate surface area is 159 Å². The molecule has 27 heavy (non-hydrogen) atoms. The molecule has 0 aliphatic heterocycles. The Kier molecular flexibility index (Phi) is 6.43. The SMILES string of the molecule is Cc1cc(CSc2ncccc2C(=O)OCCOc2ccc(F)cc2)no1. The number of carbonyl (C=O) groups is 1. The molecular formula is C19H17FN2O4S. The van der Waals surface area contributed by atoms with Crippen molar-refractivity contribution in [1.82, 2.24) is 10.1 Å².